The molecule has 0 spiro atoms. The van der Waals surface area contributed by atoms with E-state index in [0.717, 1.165) is 18.5 Å². The molecular formula is C13H18FNO. The van der Waals surface area contributed by atoms with Gasteiger partial charge in [-0.3, -0.25) is 0 Å². The zero-order valence-corrected chi connectivity index (χ0v) is 9.74. The van der Waals surface area contributed by atoms with Crippen LogP contribution in [-0.2, 0) is 4.74 Å². The first-order valence-electron chi connectivity index (χ1n) is 5.79. The molecule has 0 radical (unpaired) electrons. The summed E-state index contributed by atoms with van der Waals surface area (Å²) in [7, 11) is 0. The zero-order chi connectivity index (χ0) is 11.5. The normalized spacial score (nSPS) is 31.1. The molecule has 1 aromatic rings. The van der Waals surface area contributed by atoms with Crippen LogP contribution in [0, 0.1) is 5.82 Å². The van der Waals surface area contributed by atoms with E-state index in [4.69, 9.17) is 4.74 Å². The highest BCUT2D eigenvalue weighted by molar-refractivity contribution is 5.19. The quantitative estimate of drug-likeness (QED) is 0.790. The Hall–Kier alpha value is -0.930. The average Bonchev–Trinajstić information content (AvgIpc) is 2.41. The minimum Gasteiger partial charge on any atom is -0.369 e. The lowest BCUT2D eigenvalue weighted by Gasteiger charge is -2.18. The Morgan fingerprint density at radius 1 is 1.25 bits per heavy atom. The van der Waals surface area contributed by atoms with Gasteiger partial charge in [0.2, 0.25) is 0 Å². The summed E-state index contributed by atoms with van der Waals surface area (Å²) in [5.41, 5.74) is 1.04. The molecule has 1 saturated heterocycles. The van der Waals surface area contributed by atoms with Crippen LogP contribution in [0.5, 0.6) is 0 Å². The van der Waals surface area contributed by atoms with Crippen molar-refractivity contribution in [2.45, 2.75) is 38.5 Å². The molecule has 1 aliphatic rings. The van der Waals surface area contributed by atoms with Gasteiger partial charge < -0.3 is 10.1 Å². The molecule has 16 heavy (non-hydrogen) atoms. The molecule has 0 aliphatic carbocycles. The van der Waals surface area contributed by atoms with Crippen molar-refractivity contribution >= 4 is 0 Å². The summed E-state index contributed by atoms with van der Waals surface area (Å²) in [4.78, 5) is 0. The Morgan fingerprint density at radius 2 is 1.94 bits per heavy atom. The van der Waals surface area contributed by atoms with E-state index < -0.39 is 0 Å². The van der Waals surface area contributed by atoms with Gasteiger partial charge in [-0.15, -0.1) is 0 Å². The van der Waals surface area contributed by atoms with Gasteiger partial charge in [0.25, 0.3) is 0 Å². The summed E-state index contributed by atoms with van der Waals surface area (Å²) < 4.78 is 18.7. The van der Waals surface area contributed by atoms with Crippen LogP contribution in [-0.4, -0.2) is 18.7 Å². The van der Waals surface area contributed by atoms with Gasteiger partial charge in [-0.25, -0.2) is 4.39 Å². The second-order valence-corrected chi connectivity index (χ2v) is 4.53. The molecule has 0 aromatic heterocycles. The molecule has 0 amide bonds. The van der Waals surface area contributed by atoms with Gasteiger partial charge >= 0.3 is 0 Å². The second-order valence-electron chi connectivity index (χ2n) is 4.53. The van der Waals surface area contributed by atoms with Crippen molar-refractivity contribution in [2.24, 2.45) is 0 Å². The predicted octanol–water partition coefficient (Wildman–Crippen LogP) is 2.65. The Bertz CT molecular complexity index is 338. The van der Waals surface area contributed by atoms with E-state index in [-0.39, 0.29) is 18.0 Å². The van der Waals surface area contributed by atoms with Crippen LogP contribution in [0.25, 0.3) is 0 Å². The average molecular weight is 223 g/mol. The molecule has 0 bridgehead atoms. The molecule has 1 heterocycles. The van der Waals surface area contributed by atoms with E-state index in [1.54, 1.807) is 12.1 Å². The first-order valence-corrected chi connectivity index (χ1v) is 5.79. The molecule has 3 unspecified atom stereocenters. The van der Waals surface area contributed by atoms with Crippen LogP contribution < -0.4 is 5.32 Å². The molecule has 2 rings (SSSR count). The lowest BCUT2D eigenvalue weighted by molar-refractivity contribution is 0.00715. The summed E-state index contributed by atoms with van der Waals surface area (Å²) in [6, 6.07) is 7.03. The summed E-state index contributed by atoms with van der Waals surface area (Å²) >= 11 is 0. The van der Waals surface area contributed by atoms with Crippen molar-refractivity contribution in [1.82, 2.24) is 5.32 Å². The van der Waals surface area contributed by atoms with Crippen molar-refractivity contribution in [1.29, 1.82) is 0 Å². The van der Waals surface area contributed by atoms with Crippen molar-refractivity contribution in [3.05, 3.63) is 35.6 Å². The third-order valence-corrected chi connectivity index (χ3v) is 2.98. The Morgan fingerprint density at radius 3 is 2.62 bits per heavy atom. The topological polar surface area (TPSA) is 21.3 Å². The monoisotopic (exact) mass is 223 g/mol. The van der Waals surface area contributed by atoms with E-state index in [0.29, 0.717) is 6.04 Å². The Kier molecular flexibility index (Phi) is 3.56. The van der Waals surface area contributed by atoms with Gasteiger partial charge in [-0.2, -0.15) is 0 Å². The summed E-state index contributed by atoms with van der Waals surface area (Å²) in [5.74, 6) is -0.202. The number of nitrogens with one attached hydrogen (secondary N) is 1. The number of hydrogen-bond donors (Lipinski definition) is 1. The van der Waals surface area contributed by atoms with Crippen LogP contribution in [0.15, 0.2) is 24.3 Å². The molecule has 1 N–H and O–H groups in total. The maximum Gasteiger partial charge on any atom is 0.123 e. The number of benzene rings is 1. The highest BCUT2D eigenvalue weighted by Crippen LogP contribution is 2.23. The molecule has 3 atom stereocenters. The summed E-state index contributed by atoms with van der Waals surface area (Å²) in [5, 5.41) is 3.42. The van der Waals surface area contributed by atoms with Gasteiger partial charge in [-0.1, -0.05) is 12.1 Å². The predicted molar refractivity (Wildman–Crippen MR) is 61.8 cm³/mol. The number of ether oxygens (including phenoxy) is 1. The van der Waals surface area contributed by atoms with Crippen molar-refractivity contribution in [3.8, 4) is 0 Å². The van der Waals surface area contributed by atoms with E-state index in [9.17, 15) is 4.39 Å². The molecule has 1 aliphatic heterocycles. The minimum atomic E-state index is -0.202. The fourth-order valence-corrected chi connectivity index (χ4v) is 2.15. The molecule has 3 heteroatoms. The lowest BCUT2D eigenvalue weighted by atomic mass is 10.1. The number of hydrogen-bond acceptors (Lipinski definition) is 2. The van der Waals surface area contributed by atoms with Crippen molar-refractivity contribution in [2.75, 3.05) is 6.54 Å². The molecule has 2 nitrogen and oxygen atoms in total. The SMILES string of the molecule is CC1CC(C)OC(c2ccc(F)cc2)CN1. The first-order chi connectivity index (χ1) is 7.65. The number of rotatable bonds is 1. The van der Waals surface area contributed by atoms with E-state index >= 15 is 0 Å². The lowest BCUT2D eigenvalue weighted by Crippen LogP contribution is -2.27. The van der Waals surface area contributed by atoms with Gasteiger partial charge in [0.05, 0.1) is 12.2 Å². The third kappa shape index (κ3) is 2.80. The molecule has 0 saturated carbocycles. The minimum absolute atomic E-state index is 0.0283. The van der Waals surface area contributed by atoms with Gasteiger partial charge in [0.1, 0.15) is 5.82 Å². The highest BCUT2D eigenvalue weighted by Gasteiger charge is 2.21. The number of halogens is 1. The highest BCUT2D eigenvalue weighted by atomic mass is 19.1. The van der Waals surface area contributed by atoms with Crippen molar-refractivity contribution < 1.29 is 9.13 Å². The van der Waals surface area contributed by atoms with Gasteiger partial charge in [-0.05, 0) is 38.0 Å². The van der Waals surface area contributed by atoms with Crippen LogP contribution >= 0.6 is 0 Å². The molecular weight excluding hydrogens is 205 g/mol. The smallest absolute Gasteiger partial charge is 0.123 e. The Balaban J connectivity index is 2.11. The second kappa shape index (κ2) is 4.93. The molecule has 1 fully saturated rings. The third-order valence-electron chi connectivity index (χ3n) is 2.98. The maximum atomic E-state index is 12.8. The van der Waals surface area contributed by atoms with Gasteiger partial charge in [0, 0.05) is 12.6 Å². The fourth-order valence-electron chi connectivity index (χ4n) is 2.15. The van der Waals surface area contributed by atoms with Crippen LogP contribution in [0.2, 0.25) is 0 Å². The van der Waals surface area contributed by atoms with E-state index in [2.05, 4.69) is 19.2 Å². The largest absolute Gasteiger partial charge is 0.369 e. The molecule has 1 aromatic carbocycles. The summed E-state index contributed by atoms with van der Waals surface area (Å²) in [6.07, 6.45) is 1.28. The van der Waals surface area contributed by atoms with Crippen LogP contribution in [0.4, 0.5) is 4.39 Å². The van der Waals surface area contributed by atoms with Gasteiger partial charge in [0.15, 0.2) is 0 Å². The Labute approximate surface area is 95.8 Å². The van der Waals surface area contributed by atoms with Crippen LogP contribution in [0.1, 0.15) is 31.9 Å². The van der Waals surface area contributed by atoms with E-state index in [1.165, 1.54) is 12.1 Å². The fraction of sp³-hybridized carbons (Fsp3) is 0.538. The maximum absolute atomic E-state index is 12.8. The molecule has 88 valence electrons. The summed E-state index contributed by atoms with van der Waals surface area (Å²) in [6.45, 7) is 5.03. The van der Waals surface area contributed by atoms with Crippen LogP contribution in [0.3, 0.4) is 0 Å². The zero-order valence-electron chi connectivity index (χ0n) is 9.74. The van der Waals surface area contributed by atoms with E-state index in [1.807, 2.05) is 0 Å². The van der Waals surface area contributed by atoms with Crippen molar-refractivity contribution in [3.63, 3.8) is 0 Å². The first kappa shape index (κ1) is 11.6. The standard InChI is InChI=1S/C13H18FNO/c1-9-7-10(2)16-13(8-15-9)11-3-5-12(14)6-4-11/h3-6,9-10,13,15H,7-8H2,1-2H3.